The van der Waals surface area contributed by atoms with Crippen LogP contribution in [0.5, 0.6) is 0 Å². The van der Waals surface area contributed by atoms with Gasteiger partial charge in [-0.25, -0.2) is 0 Å². The van der Waals surface area contributed by atoms with E-state index in [0.29, 0.717) is 12.0 Å². The molecule has 1 fully saturated rings. The summed E-state index contributed by atoms with van der Waals surface area (Å²) in [6.45, 7) is 0. The van der Waals surface area contributed by atoms with E-state index in [-0.39, 0.29) is 0 Å². The van der Waals surface area contributed by atoms with Gasteiger partial charge in [-0.3, -0.25) is 0 Å². The Morgan fingerprint density at radius 2 is 2.22 bits per heavy atom. The number of rotatable bonds is 1. The van der Waals surface area contributed by atoms with Gasteiger partial charge in [0.25, 0.3) is 0 Å². The SMILES string of the molecule is CNC(=S)C1CC(N)C1. The van der Waals surface area contributed by atoms with Crippen molar-refractivity contribution in [2.45, 2.75) is 18.9 Å². The van der Waals surface area contributed by atoms with Crippen LogP contribution in [0.4, 0.5) is 0 Å². The maximum absolute atomic E-state index is 5.57. The molecule has 9 heavy (non-hydrogen) atoms. The first-order chi connectivity index (χ1) is 4.24. The van der Waals surface area contributed by atoms with Crippen molar-refractivity contribution >= 4 is 17.2 Å². The molecular weight excluding hydrogens is 132 g/mol. The molecule has 3 N–H and O–H groups in total. The Kier molecular flexibility index (Phi) is 2.03. The van der Waals surface area contributed by atoms with Gasteiger partial charge >= 0.3 is 0 Å². The van der Waals surface area contributed by atoms with Crippen LogP contribution in [0.2, 0.25) is 0 Å². The van der Waals surface area contributed by atoms with Gasteiger partial charge in [0.15, 0.2) is 0 Å². The van der Waals surface area contributed by atoms with E-state index in [4.69, 9.17) is 18.0 Å². The molecule has 0 bridgehead atoms. The van der Waals surface area contributed by atoms with Crippen molar-refractivity contribution in [2.24, 2.45) is 11.7 Å². The molecule has 0 amide bonds. The van der Waals surface area contributed by atoms with Crippen molar-refractivity contribution in [3.8, 4) is 0 Å². The molecule has 1 aliphatic carbocycles. The zero-order valence-electron chi connectivity index (χ0n) is 5.55. The Labute approximate surface area is 60.8 Å². The Bertz CT molecular complexity index is 118. The van der Waals surface area contributed by atoms with Crippen molar-refractivity contribution < 1.29 is 0 Å². The quantitative estimate of drug-likeness (QED) is 0.519. The van der Waals surface area contributed by atoms with Crippen LogP contribution < -0.4 is 11.1 Å². The molecule has 0 unspecified atom stereocenters. The first-order valence-corrected chi connectivity index (χ1v) is 3.62. The molecule has 1 saturated carbocycles. The smallest absolute Gasteiger partial charge is 0.0783 e. The van der Waals surface area contributed by atoms with Crippen LogP contribution in [-0.4, -0.2) is 18.1 Å². The molecule has 0 aliphatic heterocycles. The molecule has 52 valence electrons. The fraction of sp³-hybridized carbons (Fsp3) is 0.833. The molecule has 0 aromatic heterocycles. The molecule has 3 heteroatoms. The van der Waals surface area contributed by atoms with Gasteiger partial charge in [0.05, 0.1) is 4.99 Å². The number of nitrogens with one attached hydrogen (secondary N) is 1. The average Bonchev–Trinajstić information content (AvgIpc) is 1.79. The molecule has 2 nitrogen and oxygen atoms in total. The number of hydrogen-bond acceptors (Lipinski definition) is 2. The first-order valence-electron chi connectivity index (χ1n) is 3.21. The normalized spacial score (nSPS) is 33.1. The van der Waals surface area contributed by atoms with Crippen molar-refractivity contribution in [1.29, 1.82) is 0 Å². The standard InChI is InChI=1S/C6H12N2S/c1-8-6(9)4-2-5(7)3-4/h4-5H,2-3,7H2,1H3,(H,8,9). The average molecular weight is 144 g/mol. The minimum atomic E-state index is 0.404. The summed E-state index contributed by atoms with van der Waals surface area (Å²) in [6, 6.07) is 0.404. The maximum Gasteiger partial charge on any atom is 0.0783 e. The molecule has 0 aromatic carbocycles. The molecule has 1 rings (SSSR count). The largest absolute Gasteiger partial charge is 0.382 e. The highest BCUT2D eigenvalue weighted by molar-refractivity contribution is 7.80. The summed E-state index contributed by atoms with van der Waals surface area (Å²) < 4.78 is 0. The van der Waals surface area contributed by atoms with Crippen LogP contribution in [0, 0.1) is 5.92 Å². The first kappa shape index (κ1) is 6.96. The summed E-state index contributed by atoms with van der Waals surface area (Å²) in [5, 5.41) is 2.96. The van der Waals surface area contributed by atoms with E-state index in [0.717, 1.165) is 17.8 Å². The van der Waals surface area contributed by atoms with E-state index in [9.17, 15) is 0 Å². The predicted octanol–water partition coefficient (Wildman–Crippen LogP) is 0.271. The molecule has 0 radical (unpaired) electrons. The van der Waals surface area contributed by atoms with Crippen molar-refractivity contribution in [3.05, 3.63) is 0 Å². The third kappa shape index (κ3) is 1.40. The van der Waals surface area contributed by atoms with Crippen molar-refractivity contribution in [3.63, 3.8) is 0 Å². The summed E-state index contributed by atoms with van der Waals surface area (Å²) in [5.74, 6) is 0.569. The lowest BCUT2D eigenvalue weighted by atomic mass is 9.81. The predicted molar refractivity (Wildman–Crippen MR) is 42.4 cm³/mol. The van der Waals surface area contributed by atoms with Gasteiger partial charge in [-0.15, -0.1) is 0 Å². The van der Waals surface area contributed by atoms with E-state index in [1.165, 1.54) is 0 Å². The Balaban J connectivity index is 2.23. The second kappa shape index (κ2) is 2.62. The van der Waals surface area contributed by atoms with Crippen LogP contribution in [0.15, 0.2) is 0 Å². The summed E-state index contributed by atoms with van der Waals surface area (Å²) in [7, 11) is 1.87. The highest BCUT2D eigenvalue weighted by Crippen LogP contribution is 2.25. The van der Waals surface area contributed by atoms with E-state index in [2.05, 4.69) is 5.32 Å². The Morgan fingerprint density at radius 1 is 1.67 bits per heavy atom. The van der Waals surface area contributed by atoms with Gasteiger partial charge in [-0.1, -0.05) is 12.2 Å². The van der Waals surface area contributed by atoms with Crippen molar-refractivity contribution in [1.82, 2.24) is 5.32 Å². The van der Waals surface area contributed by atoms with Crippen LogP contribution in [0.25, 0.3) is 0 Å². The minimum absolute atomic E-state index is 0.404. The van der Waals surface area contributed by atoms with Crippen LogP contribution in [0.1, 0.15) is 12.8 Å². The fourth-order valence-corrected chi connectivity index (χ4v) is 1.27. The van der Waals surface area contributed by atoms with Crippen molar-refractivity contribution in [2.75, 3.05) is 7.05 Å². The zero-order chi connectivity index (χ0) is 6.85. The van der Waals surface area contributed by atoms with Gasteiger partial charge in [0, 0.05) is 19.0 Å². The van der Waals surface area contributed by atoms with Gasteiger partial charge in [-0.2, -0.15) is 0 Å². The van der Waals surface area contributed by atoms with Gasteiger partial charge in [-0.05, 0) is 12.8 Å². The number of thiocarbonyl (C=S) groups is 1. The Morgan fingerprint density at radius 3 is 2.56 bits per heavy atom. The number of nitrogens with two attached hydrogens (primary N) is 1. The molecule has 1 aliphatic rings. The second-order valence-corrected chi connectivity index (χ2v) is 2.98. The van der Waals surface area contributed by atoms with Gasteiger partial charge in [0.1, 0.15) is 0 Å². The topological polar surface area (TPSA) is 38.0 Å². The third-order valence-electron chi connectivity index (χ3n) is 1.79. The highest BCUT2D eigenvalue weighted by atomic mass is 32.1. The lowest BCUT2D eigenvalue weighted by molar-refractivity contribution is 0.343. The second-order valence-electron chi connectivity index (χ2n) is 2.54. The summed E-state index contributed by atoms with van der Waals surface area (Å²) in [5.41, 5.74) is 5.57. The van der Waals surface area contributed by atoms with Crippen LogP contribution in [-0.2, 0) is 0 Å². The van der Waals surface area contributed by atoms with Gasteiger partial charge < -0.3 is 11.1 Å². The molecule has 0 spiro atoms. The summed E-state index contributed by atoms with van der Waals surface area (Å²) >= 11 is 5.01. The lowest BCUT2D eigenvalue weighted by Gasteiger charge is -2.32. The maximum atomic E-state index is 5.57. The molecule has 0 aromatic rings. The zero-order valence-corrected chi connectivity index (χ0v) is 6.37. The Hall–Kier alpha value is -0.150. The van der Waals surface area contributed by atoms with E-state index >= 15 is 0 Å². The van der Waals surface area contributed by atoms with E-state index in [1.54, 1.807) is 0 Å². The summed E-state index contributed by atoms with van der Waals surface area (Å²) in [4.78, 5) is 0.969. The van der Waals surface area contributed by atoms with Crippen LogP contribution in [0.3, 0.4) is 0 Å². The lowest BCUT2D eigenvalue weighted by Crippen LogP contribution is -2.43. The van der Waals surface area contributed by atoms with E-state index < -0.39 is 0 Å². The number of hydrogen-bond donors (Lipinski definition) is 2. The van der Waals surface area contributed by atoms with E-state index in [1.807, 2.05) is 7.05 Å². The monoisotopic (exact) mass is 144 g/mol. The van der Waals surface area contributed by atoms with Crippen LogP contribution >= 0.6 is 12.2 Å². The molecule has 0 heterocycles. The highest BCUT2D eigenvalue weighted by Gasteiger charge is 2.28. The molecular formula is C6H12N2S. The molecule has 0 atom stereocenters. The fourth-order valence-electron chi connectivity index (χ4n) is 1.08. The minimum Gasteiger partial charge on any atom is -0.382 e. The summed E-state index contributed by atoms with van der Waals surface area (Å²) in [6.07, 6.45) is 2.14. The molecule has 0 saturated heterocycles. The third-order valence-corrected chi connectivity index (χ3v) is 2.33. The van der Waals surface area contributed by atoms with Gasteiger partial charge in [0.2, 0.25) is 0 Å².